The van der Waals surface area contributed by atoms with Crippen molar-refractivity contribution in [3.05, 3.63) is 30.0 Å². The number of rotatable bonds is 5. The van der Waals surface area contributed by atoms with E-state index in [1.807, 2.05) is 0 Å². The van der Waals surface area contributed by atoms with Crippen molar-refractivity contribution in [1.82, 2.24) is 24.6 Å². The second-order valence-electron chi connectivity index (χ2n) is 7.68. The van der Waals surface area contributed by atoms with Gasteiger partial charge in [0, 0.05) is 31.7 Å². The first-order valence-corrected chi connectivity index (χ1v) is 9.95. The Bertz CT molecular complexity index is 1020. The lowest BCUT2D eigenvalue weighted by molar-refractivity contribution is -0.141. The fraction of sp³-hybridized carbons (Fsp3) is 0.500. The topological polar surface area (TPSA) is 85.0 Å². The molecule has 1 atom stereocenters. The number of hydrogen-bond donors (Lipinski definition) is 2. The molecule has 3 heterocycles. The molecule has 162 valence electrons. The summed E-state index contributed by atoms with van der Waals surface area (Å²) in [6, 6.07) is 6.49. The lowest BCUT2D eigenvalue weighted by atomic mass is 10.0. The molecule has 7 nitrogen and oxygen atoms in total. The average molecular weight is 422 g/mol. The predicted molar refractivity (Wildman–Crippen MR) is 107 cm³/mol. The Labute approximate surface area is 172 Å². The van der Waals surface area contributed by atoms with Crippen LogP contribution in [0.15, 0.2) is 24.3 Å². The molecule has 4 rings (SSSR count). The molecule has 2 aromatic heterocycles. The Morgan fingerprint density at radius 1 is 1.27 bits per heavy atom. The molecule has 1 aliphatic heterocycles. The second kappa shape index (κ2) is 7.92. The summed E-state index contributed by atoms with van der Waals surface area (Å²) in [5, 5.41) is 3.94. The van der Waals surface area contributed by atoms with Crippen LogP contribution in [0.3, 0.4) is 0 Å². The number of imidazole rings is 1. The summed E-state index contributed by atoms with van der Waals surface area (Å²) in [5.41, 5.74) is 6.52. The Kier molecular flexibility index (Phi) is 5.46. The van der Waals surface area contributed by atoms with Gasteiger partial charge in [0.05, 0.1) is 24.2 Å². The Hall–Kier alpha value is -2.59. The number of nitrogens with two attached hydrogens (primary N) is 1. The molecule has 30 heavy (non-hydrogen) atoms. The molecule has 0 bridgehead atoms. The van der Waals surface area contributed by atoms with Gasteiger partial charge in [-0.1, -0.05) is 0 Å². The molecule has 3 aromatic rings. The van der Waals surface area contributed by atoms with Gasteiger partial charge in [-0.25, -0.2) is 4.98 Å². The van der Waals surface area contributed by atoms with Crippen LogP contribution in [0.1, 0.15) is 31.5 Å². The number of nitrogens with zero attached hydrogens (tertiary/aromatic N) is 4. The molecule has 1 aliphatic rings. The SMILES string of the molecule is COc1ccc2nc(-c3cc(C(F)(F)F)nn3C3CCN(C(C)CN)CC3)[nH]c2c1. The second-order valence-corrected chi connectivity index (χ2v) is 7.68. The molecule has 1 saturated heterocycles. The summed E-state index contributed by atoms with van der Waals surface area (Å²) in [4.78, 5) is 9.88. The van der Waals surface area contributed by atoms with E-state index in [-0.39, 0.29) is 12.1 Å². The summed E-state index contributed by atoms with van der Waals surface area (Å²) < 4.78 is 47.0. The lowest BCUT2D eigenvalue weighted by Crippen LogP contribution is -2.44. The molecule has 0 radical (unpaired) electrons. The third-order valence-corrected chi connectivity index (χ3v) is 5.77. The standard InChI is InChI=1S/C20H25F3N6O/c1-12(11-24)28-7-5-13(6-8-28)29-17(10-18(27-29)20(21,22)23)19-25-15-4-3-14(30-2)9-16(15)26-19/h3-4,9-10,12-13H,5-8,11,24H2,1-2H3,(H,25,26). The first-order valence-electron chi connectivity index (χ1n) is 9.95. The number of halogens is 3. The molecule has 0 aliphatic carbocycles. The van der Waals surface area contributed by atoms with E-state index in [0.717, 1.165) is 19.2 Å². The maximum atomic E-state index is 13.4. The van der Waals surface area contributed by atoms with Crippen LogP contribution in [0.4, 0.5) is 13.2 Å². The highest BCUT2D eigenvalue weighted by molar-refractivity contribution is 5.80. The van der Waals surface area contributed by atoms with Gasteiger partial charge in [0.15, 0.2) is 11.5 Å². The normalized spacial score (nSPS) is 17.5. The fourth-order valence-electron chi connectivity index (χ4n) is 3.95. The number of benzene rings is 1. The van der Waals surface area contributed by atoms with Crippen molar-refractivity contribution in [1.29, 1.82) is 0 Å². The number of hydrogen-bond acceptors (Lipinski definition) is 5. The van der Waals surface area contributed by atoms with Crippen molar-refractivity contribution < 1.29 is 17.9 Å². The minimum Gasteiger partial charge on any atom is -0.497 e. The van der Waals surface area contributed by atoms with Gasteiger partial charge in [-0.2, -0.15) is 18.3 Å². The average Bonchev–Trinajstić information content (AvgIpc) is 3.36. The van der Waals surface area contributed by atoms with Crippen molar-refractivity contribution in [2.45, 2.75) is 38.0 Å². The van der Waals surface area contributed by atoms with E-state index in [1.165, 1.54) is 4.68 Å². The number of piperidine rings is 1. The van der Waals surface area contributed by atoms with Crippen LogP contribution in [0, 0.1) is 0 Å². The molecule has 1 unspecified atom stereocenters. The zero-order valence-corrected chi connectivity index (χ0v) is 16.9. The van der Waals surface area contributed by atoms with Gasteiger partial charge in [-0.3, -0.25) is 9.58 Å². The smallest absolute Gasteiger partial charge is 0.435 e. The van der Waals surface area contributed by atoms with Crippen LogP contribution in [0.5, 0.6) is 5.75 Å². The van der Waals surface area contributed by atoms with E-state index in [0.29, 0.717) is 47.7 Å². The van der Waals surface area contributed by atoms with E-state index in [9.17, 15) is 13.2 Å². The maximum Gasteiger partial charge on any atom is 0.435 e. The first-order chi connectivity index (χ1) is 14.3. The third kappa shape index (κ3) is 3.89. The monoisotopic (exact) mass is 422 g/mol. The first kappa shape index (κ1) is 20.7. The molecule has 0 saturated carbocycles. The minimum absolute atomic E-state index is 0.139. The van der Waals surface area contributed by atoms with E-state index in [1.54, 1.807) is 25.3 Å². The minimum atomic E-state index is -4.52. The molecule has 1 fully saturated rings. The number of ether oxygens (including phenoxy) is 1. The molecular weight excluding hydrogens is 397 g/mol. The summed E-state index contributed by atoms with van der Waals surface area (Å²) in [6.45, 7) is 4.14. The van der Waals surface area contributed by atoms with E-state index in [2.05, 4.69) is 26.9 Å². The highest BCUT2D eigenvalue weighted by atomic mass is 19.4. The molecule has 10 heteroatoms. The Balaban J connectivity index is 1.70. The van der Waals surface area contributed by atoms with Gasteiger partial charge in [0.1, 0.15) is 11.4 Å². The van der Waals surface area contributed by atoms with Crippen molar-refractivity contribution in [2.75, 3.05) is 26.7 Å². The van der Waals surface area contributed by atoms with Crippen LogP contribution < -0.4 is 10.5 Å². The van der Waals surface area contributed by atoms with Gasteiger partial charge in [0.25, 0.3) is 0 Å². The predicted octanol–water partition coefficient (Wildman–Crippen LogP) is 3.44. The molecule has 0 amide bonds. The molecular formula is C20H25F3N6O. The van der Waals surface area contributed by atoms with Crippen LogP contribution in [0.25, 0.3) is 22.6 Å². The fourth-order valence-corrected chi connectivity index (χ4v) is 3.95. The summed E-state index contributed by atoms with van der Waals surface area (Å²) >= 11 is 0. The number of H-pyrrole nitrogens is 1. The summed E-state index contributed by atoms with van der Waals surface area (Å²) in [6.07, 6.45) is -3.13. The quantitative estimate of drug-likeness (QED) is 0.658. The molecule has 3 N–H and O–H groups in total. The summed E-state index contributed by atoms with van der Waals surface area (Å²) in [5.74, 6) is 1.00. The van der Waals surface area contributed by atoms with Crippen molar-refractivity contribution in [2.24, 2.45) is 5.73 Å². The summed E-state index contributed by atoms with van der Waals surface area (Å²) in [7, 11) is 1.56. The molecule has 1 aromatic carbocycles. The van der Waals surface area contributed by atoms with Crippen LogP contribution in [-0.2, 0) is 6.18 Å². The number of aromatic nitrogens is 4. The number of fused-ring (bicyclic) bond motifs is 1. The number of alkyl halides is 3. The van der Waals surface area contributed by atoms with Crippen molar-refractivity contribution in [3.63, 3.8) is 0 Å². The lowest BCUT2D eigenvalue weighted by Gasteiger charge is -2.36. The molecule has 0 spiro atoms. The van der Waals surface area contributed by atoms with Crippen LogP contribution >= 0.6 is 0 Å². The maximum absolute atomic E-state index is 13.4. The number of nitrogens with one attached hydrogen (secondary N) is 1. The van der Waals surface area contributed by atoms with Crippen molar-refractivity contribution >= 4 is 11.0 Å². The number of aromatic amines is 1. The van der Waals surface area contributed by atoms with Crippen molar-refractivity contribution in [3.8, 4) is 17.3 Å². The number of methoxy groups -OCH3 is 1. The highest BCUT2D eigenvalue weighted by Crippen LogP contribution is 2.35. The largest absolute Gasteiger partial charge is 0.497 e. The van der Waals surface area contributed by atoms with Crippen LogP contribution in [0.2, 0.25) is 0 Å². The number of likely N-dealkylation sites (tertiary alicyclic amines) is 1. The van der Waals surface area contributed by atoms with E-state index >= 15 is 0 Å². The van der Waals surface area contributed by atoms with Gasteiger partial charge in [-0.15, -0.1) is 0 Å². The van der Waals surface area contributed by atoms with E-state index < -0.39 is 11.9 Å². The Morgan fingerprint density at radius 2 is 2.00 bits per heavy atom. The van der Waals surface area contributed by atoms with E-state index in [4.69, 9.17) is 10.5 Å². The van der Waals surface area contributed by atoms with Gasteiger partial charge < -0.3 is 15.5 Å². The van der Waals surface area contributed by atoms with Gasteiger partial charge in [-0.05, 0) is 38.0 Å². The Morgan fingerprint density at radius 3 is 2.63 bits per heavy atom. The zero-order valence-electron chi connectivity index (χ0n) is 16.9. The third-order valence-electron chi connectivity index (χ3n) is 5.77. The highest BCUT2D eigenvalue weighted by Gasteiger charge is 2.37. The van der Waals surface area contributed by atoms with Crippen LogP contribution in [-0.4, -0.2) is 57.4 Å². The van der Waals surface area contributed by atoms with Gasteiger partial charge in [0.2, 0.25) is 0 Å². The zero-order chi connectivity index (χ0) is 21.5. The van der Waals surface area contributed by atoms with Gasteiger partial charge >= 0.3 is 6.18 Å².